The first-order valence-corrected chi connectivity index (χ1v) is 6.99. The average molecular weight is 297 g/mol. The van der Waals surface area contributed by atoms with Gasteiger partial charge in [-0.2, -0.15) is 18.4 Å². The lowest BCUT2D eigenvalue weighted by Gasteiger charge is -2.36. The van der Waals surface area contributed by atoms with E-state index < -0.39 is 17.8 Å². The van der Waals surface area contributed by atoms with Gasteiger partial charge in [0, 0.05) is 26.2 Å². The van der Waals surface area contributed by atoms with Crippen LogP contribution in [-0.2, 0) is 6.18 Å². The minimum absolute atomic E-state index is 0.480. The molecule has 1 aliphatic rings. The zero-order valence-electron chi connectivity index (χ0n) is 11.9. The van der Waals surface area contributed by atoms with Crippen molar-refractivity contribution in [2.45, 2.75) is 19.1 Å². The molecule has 0 aromatic heterocycles. The molecule has 114 valence electrons. The quantitative estimate of drug-likeness (QED) is 0.859. The molecule has 0 saturated carbocycles. The van der Waals surface area contributed by atoms with Gasteiger partial charge in [0.1, 0.15) is 6.04 Å². The van der Waals surface area contributed by atoms with Crippen molar-refractivity contribution in [3.05, 3.63) is 35.4 Å². The Morgan fingerprint density at radius 1 is 1.14 bits per heavy atom. The molecular weight excluding hydrogens is 279 g/mol. The molecule has 1 aromatic rings. The lowest BCUT2D eigenvalue weighted by atomic mass is 10.0. The topological polar surface area (TPSA) is 30.3 Å². The maximum absolute atomic E-state index is 12.6. The molecule has 1 fully saturated rings. The van der Waals surface area contributed by atoms with Crippen molar-refractivity contribution >= 4 is 0 Å². The van der Waals surface area contributed by atoms with Gasteiger partial charge in [0.25, 0.3) is 0 Å². The maximum Gasteiger partial charge on any atom is 0.416 e. The van der Waals surface area contributed by atoms with E-state index in [1.54, 1.807) is 0 Å². The number of nitrogens with zero attached hydrogens (tertiary/aromatic N) is 3. The van der Waals surface area contributed by atoms with Gasteiger partial charge in [-0.15, -0.1) is 0 Å². The summed E-state index contributed by atoms with van der Waals surface area (Å²) in [6.07, 6.45) is -4.34. The second-order valence-electron chi connectivity index (χ2n) is 5.12. The molecule has 0 aliphatic carbocycles. The van der Waals surface area contributed by atoms with Crippen molar-refractivity contribution in [2.75, 3.05) is 32.7 Å². The first-order valence-electron chi connectivity index (χ1n) is 6.99. The largest absolute Gasteiger partial charge is 0.416 e. The van der Waals surface area contributed by atoms with Gasteiger partial charge in [-0.3, -0.25) is 4.90 Å². The number of likely N-dealkylation sites (N-methyl/N-ethyl adjacent to an activating group) is 1. The van der Waals surface area contributed by atoms with Gasteiger partial charge in [-0.1, -0.05) is 19.1 Å². The van der Waals surface area contributed by atoms with E-state index in [0.717, 1.165) is 44.9 Å². The third-order valence-electron chi connectivity index (χ3n) is 3.90. The normalized spacial score (nSPS) is 19.2. The second-order valence-corrected chi connectivity index (χ2v) is 5.12. The standard InChI is InChI=1S/C15H18F3N3/c1-2-20-7-9-21(10-8-20)14(11-19)12-3-5-13(6-4-12)15(16,17)18/h3-6,14H,2,7-10H2,1H3. The van der Waals surface area contributed by atoms with Gasteiger partial charge in [0.2, 0.25) is 0 Å². The number of hydrogen-bond acceptors (Lipinski definition) is 3. The van der Waals surface area contributed by atoms with Crippen molar-refractivity contribution in [2.24, 2.45) is 0 Å². The van der Waals surface area contributed by atoms with Gasteiger partial charge in [0.15, 0.2) is 0 Å². The summed E-state index contributed by atoms with van der Waals surface area (Å²) < 4.78 is 37.7. The van der Waals surface area contributed by atoms with E-state index in [-0.39, 0.29) is 0 Å². The SMILES string of the molecule is CCN1CCN(C(C#N)c2ccc(C(F)(F)F)cc2)CC1. The molecule has 1 saturated heterocycles. The number of benzene rings is 1. The average Bonchev–Trinajstić information content (AvgIpc) is 2.48. The first kappa shape index (κ1) is 15.8. The Kier molecular flexibility index (Phi) is 4.86. The Labute approximate surface area is 122 Å². The second kappa shape index (κ2) is 6.46. The molecule has 2 rings (SSSR count). The Hall–Kier alpha value is -1.58. The van der Waals surface area contributed by atoms with Crippen molar-refractivity contribution in [3.8, 4) is 6.07 Å². The number of piperazine rings is 1. The van der Waals surface area contributed by atoms with Gasteiger partial charge in [-0.25, -0.2) is 0 Å². The molecule has 0 amide bonds. The molecule has 0 bridgehead atoms. The molecule has 21 heavy (non-hydrogen) atoms. The zero-order chi connectivity index (χ0) is 15.5. The summed E-state index contributed by atoms with van der Waals surface area (Å²) in [5.41, 5.74) is -0.0609. The molecule has 3 nitrogen and oxygen atoms in total. The van der Waals surface area contributed by atoms with Crippen molar-refractivity contribution in [1.82, 2.24) is 9.80 Å². The Bertz CT molecular complexity index is 496. The third kappa shape index (κ3) is 3.74. The number of halogens is 3. The van der Waals surface area contributed by atoms with Crippen LogP contribution in [0.15, 0.2) is 24.3 Å². The fraction of sp³-hybridized carbons (Fsp3) is 0.533. The van der Waals surface area contributed by atoms with Crippen LogP contribution in [0.4, 0.5) is 13.2 Å². The summed E-state index contributed by atoms with van der Waals surface area (Å²) in [7, 11) is 0. The van der Waals surface area contributed by atoms with E-state index in [2.05, 4.69) is 17.9 Å². The van der Waals surface area contributed by atoms with E-state index >= 15 is 0 Å². The van der Waals surface area contributed by atoms with Gasteiger partial charge >= 0.3 is 6.18 Å². The predicted octanol–water partition coefficient (Wildman–Crippen LogP) is 2.91. The van der Waals surface area contributed by atoms with Crippen molar-refractivity contribution in [3.63, 3.8) is 0 Å². The van der Waals surface area contributed by atoms with Gasteiger partial charge in [-0.05, 0) is 24.2 Å². The Morgan fingerprint density at radius 3 is 2.14 bits per heavy atom. The van der Waals surface area contributed by atoms with Crippen LogP contribution in [0.25, 0.3) is 0 Å². The number of hydrogen-bond donors (Lipinski definition) is 0. The van der Waals surface area contributed by atoms with Crippen LogP contribution < -0.4 is 0 Å². The number of alkyl halides is 3. The highest BCUT2D eigenvalue weighted by atomic mass is 19.4. The van der Waals surface area contributed by atoms with Crippen LogP contribution in [-0.4, -0.2) is 42.5 Å². The molecule has 1 heterocycles. The van der Waals surface area contributed by atoms with E-state index in [4.69, 9.17) is 0 Å². The van der Waals surface area contributed by atoms with E-state index in [0.29, 0.717) is 5.56 Å². The molecule has 1 aliphatic heterocycles. The molecule has 0 radical (unpaired) electrons. The summed E-state index contributed by atoms with van der Waals surface area (Å²) >= 11 is 0. The fourth-order valence-electron chi connectivity index (χ4n) is 2.56. The molecule has 0 spiro atoms. The molecule has 0 N–H and O–H groups in total. The number of nitriles is 1. The molecular formula is C15H18F3N3. The van der Waals surface area contributed by atoms with Crippen LogP contribution in [0.3, 0.4) is 0 Å². The van der Waals surface area contributed by atoms with Crippen LogP contribution >= 0.6 is 0 Å². The highest BCUT2D eigenvalue weighted by molar-refractivity contribution is 5.29. The molecule has 1 atom stereocenters. The highest BCUT2D eigenvalue weighted by Gasteiger charge is 2.31. The zero-order valence-corrected chi connectivity index (χ0v) is 11.9. The smallest absolute Gasteiger partial charge is 0.301 e. The maximum atomic E-state index is 12.6. The van der Waals surface area contributed by atoms with E-state index in [9.17, 15) is 18.4 Å². The van der Waals surface area contributed by atoms with Crippen molar-refractivity contribution in [1.29, 1.82) is 5.26 Å². The summed E-state index contributed by atoms with van der Waals surface area (Å²) in [5, 5.41) is 9.36. The Morgan fingerprint density at radius 2 is 1.71 bits per heavy atom. The summed E-state index contributed by atoms with van der Waals surface area (Å²) in [5.74, 6) is 0. The summed E-state index contributed by atoms with van der Waals surface area (Å²) in [4.78, 5) is 4.31. The van der Waals surface area contributed by atoms with Crippen LogP contribution in [0, 0.1) is 11.3 Å². The highest BCUT2D eigenvalue weighted by Crippen LogP contribution is 2.30. The minimum atomic E-state index is -4.34. The van der Waals surface area contributed by atoms with Gasteiger partial charge < -0.3 is 4.90 Å². The number of rotatable bonds is 3. The monoisotopic (exact) mass is 297 g/mol. The molecule has 6 heteroatoms. The van der Waals surface area contributed by atoms with Crippen LogP contribution in [0.2, 0.25) is 0 Å². The third-order valence-corrected chi connectivity index (χ3v) is 3.90. The summed E-state index contributed by atoms with van der Waals surface area (Å²) in [6.45, 7) is 6.35. The minimum Gasteiger partial charge on any atom is -0.301 e. The fourth-order valence-corrected chi connectivity index (χ4v) is 2.56. The summed E-state index contributed by atoms with van der Waals surface area (Å²) in [6, 6.07) is 6.62. The molecule has 1 unspecified atom stereocenters. The lowest BCUT2D eigenvalue weighted by Crippen LogP contribution is -2.47. The lowest BCUT2D eigenvalue weighted by molar-refractivity contribution is -0.137. The Balaban J connectivity index is 2.10. The van der Waals surface area contributed by atoms with Crippen molar-refractivity contribution < 1.29 is 13.2 Å². The first-order chi connectivity index (χ1) is 9.95. The predicted molar refractivity (Wildman–Crippen MR) is 73.5 cm³/mol. The molecule has 1 aromatic carbocycles. The van der Waals surface area contributed by atoms with Crippen LogP contribution in [0.1, 0.15) is 24.1 Å². The van der Waals surface area contributed by atoms with E-state index in [1.165, 1.54) is 12.1 Å². The van der Waals surface area contributed by atoms with Gasteiger partial charge in [0.05, 0.1) is 11.6 Å². The van der Waals surface area contributed by atoms with E-state index in [1.807, 2.05) is 4.90 Å². The van der Waals surface area contributed by atoms with Crippen LogP contribution in [0.5, 0.6) is 0 Å².